The van der Waals surface area contributed by atoms with Crippen LogP contribution in [-0.2, 0) is 11.2 Å². The fourth-order valence-corrected chi connectivity index (χ4v) is 2.88. The smallest absolute Gasteiger partial charge is 0.0576 e. The van der Waals surface area contributed by atoms with E-state index in [9.17, 15) is 0 Å². The summed E-state index contributed by atoms with van der Waals surface area (Å²) in [5.74, 6) is 0. The summed E-state index contributed by atoms with van der Waals surface area (Å²) in [4.78, 5) is 0. The monoisotopic (exact) mass is 261 g/mol. The second-order valence-corrected chi connectivity index (χ2v) is 5.96. The molecule has 19 heavy (non-hydrogen) atoms. The van der Waals surface area contributed by atoms with Crippen molar-refractivity contribution in [3.63, 3.8) is 0 Å². The molecule has 0 saturated carbocycles. The van der Waals surface area contributed by atoms with Crippen molar-refractivity contribution in [2.45, 2.75) is 64.5 Å². The molecule has 1 saturated heterocycles. The maximum absolute atomic E-state index is 6.27. The molecule has 2 unspecified atom stereocenters. The number of hydrogen-bond acceptors (Lipinski definition) is 2. The Kier molecular flexibility index (Phi) is 5.41. The third-order valence-electron chi connectivity index (χ3n) is 4.11. The number of ether oxygens (including phenoxy) is 1. The topological polar surface area (TPSA) is 35.2 Å². The molecule has 2 atom stereocenters. The van der Waals surface area contributed by atoms with Gasteiger partial charge in [0, 0.05) is 12.6 Å². The number of nitrogens with two attached hydrogens (primary N) is 1. The lowest BCUT2D eigenvalue weighted by Gasteiger charge is -2.15. The lowest BCUT2D eigenvalue weighted by Crippen LogP contribution is -2.23. The first-order valence-corrected chi connectivity index (χ1v) is 7.58. The molecule has 106 valence electrons. The SMILES string of the molecule is Cc1ccc(C)c(CC(N)CCCC2CCCO2)c1. The molecule has 0 aromatic heterocycles. The largest absolute Gasteiger partial charge is 0.378 e. The molecule has 1 aromatic rings. The second kappa shape index (κ2) is 7.06. The van der Waals surface area contributed by atoms with Crippen LogP contribution in [0.3, 0.4) is 0 Å². The van der Waals surface area contributed by atoms with Gasteiger partial charge in [0.15, 0.2) is 0 Å². The summed E-state index contributed by atoms with van der Waals surface area (Å²) in [6.45, 7) is 5.28. The van der Waals surface area contributed by atoms with Gasteiger partial charge in [-0.25, -0.2) is 0 Å². The van der Waals surface area contributed by atoms with Gasteiger partial charge >= 0.3 is 0 Å². The molecule has 0 spiro atoms. The van der Waals surface area contributed by atoms with E-state index in [2.05, 4.69) is 32.0 Å². The molecular weight excluding hydrogens is 234 g/mol. The lowest BCUT2D eigenvalue weighted by molar-refractivity contribution is 0.101. The summed E-state index contributed by atoms with van der Waals surface area (Å²) < 4.78 is 5.65. The van der Waals surface area contributed by atoms with E-state index in [-0.39, 0.29) is 6.04 Å². The molecule has 1 heterocycles. The summed E-state index contributed by atoms with van der Waals surface area (Å²) in [7, 11) is 0. The van der Waals surface area contributed by atoms with E-state index in [4.69, 9.17) is 10.5 Å². The van der Waals surface area contributed by atoms with Gasteiger partial charge in [-0.1, -0.05) is 23.8 Å². The van der Waals surface area contributed by atoms with Crippen LogP contribution in [0, 0.1) is 13.8 Å². The van der Waals surface area contributed by atoms with Crippen LogP contribution in [0.15, 0.2) is 18.2 Å². The highest BCUT2D eigenvalue weighted by atomic mass is 16.5. The third kappa shape index (κ3) is 4.63. The molecule has 0 radical (unpaired) electrons. The summed E-state index contributed by atoms with van der Waals surface area (Å²) in [5.41, 5.74) is 10.4. The Balaban J connectivity index is 1.73. The van der Waals surface area contributed by atoms with Crippen LogP contribution in [0.4, 0.5) is 0 Å². The number of aryl methyl sites for hydroxylation is 2. The van der Waals surface area contributed by atoms with Crippen molar-refractivity contribution < 1.29 is 4.74 Å². The zero-order chi connectivity index (χ0) is 13.7. The van der Waals surface area contributed by atoms with Crippen molar-refractivity contribution in [3.05, 3.63) is 34.9 Å². The van der Waals surface area contributed by atoms with Crippen LogP contribution in [-0.4, -0.2) is 18.8 Å². The second-order valence-electron chi connectivity index (χ2n) is 5.96. The molecule has 2 heteroatoms. The van der Waals surface area contributed by atoms with Gasteiger partial charge in [-0.15, -0.1) is 0 Å². The maximum Gasteiger partial charge on any atom is 0.0576 e. The minimum Gasteiger partial charge on any atom is -0.378 e. The summed E-state index contributed by atoms with van der Waals surface area (Å²) >= 11 is 0. The van der Waals surface area contributed by atoms with Crippen molar-refractivity contribution in [1.82, 2.24) is 0 Å². The normalized spacial score (nSPS) is 20.7. The minimum atomic E-state index is 0.280. The summed E-state index contributed by atoms with van der Waals surface area (Å²) in [6.07, 6.45) is 7.46. The van der Waals surface area contributed by atoms with Crippen LogP contribution in [0.5, 0.6) is 0 Å². The fraction of sp³-hybridized carbons (Fsp3) is 0.647. The highest BCUT2D eigenvalue weighted by Crippen LogP contribution is 2.19. The Bertz CT molecular complexity index is 396. The van der Waals surface area contributed by atoms with Crippen LogP contribution in [0.1, 0.15) is 48.8 Å². The quantitative estimate of drug-likeness (QED) is 0.850. The van der Waals surface area contributed by atoms with Gasteiger partial charge < -0.3 is 10.5 Å². The van der Waals surface area contributed by atoms with Gasteiger partial charge in [0.05, 0.1) is 6.10 Å². The average Bonchev–Trinajstić information content (AvgIpc) is 2.87. The van der Waals surface area contributed by atoms with E-state index in [0.29, 0.717) is 6.10 Å². The lowest BCUT2D eigenvalue weighted by atomic mass is 9.96. The molecule has 2 nitrogen and oxygen atoms in total. The number of hydrogen-bond donors (Lipinski definition) is 1. The van der Waals surface area contributed by atoms with E-state index in [1.54, 1.807) is 0 Å². The molecule has 1 aliphatic heterocycles. The Morgan fingerprint density at radius 1 is 1.37 bits per heavy atom. The van der Waals surface area contributed by atoms with Crippen molar-refractivity contribution in [2.75, 3.05) is 6.61 Å². The third-order valence-corrected chi connectivity index (χ3v) is 4.11. The van der Waals surface area contributed by atoms with E-state index in [1.807, 2.05) is 0 Å². The highest BCUT2D eigenvalue weighted by molar-refractivity contribution is 5.31. The van der Waals surface area contributed by atoms with Gasteiger partial charge in [0.2, 0.25) is 0 Å². The Morgan fingerprint density at radius 3 is 2.95 bits per heavy atom. The number of rotatable bonds is 6. The van der Waals surface area contributed by atoms with Crippen molar-refractivity contribution in [3.8, 4) is 0 Å². The first kappa shape index (κ1) is 14.5. The zero-order valence-electron chi connectivity index (χ0n) is 12.3. The standard InChI is InChI=1S/C17H27NO/c1-13-8-9-14(2)15(11-13)12-16(18)5-3-6-17-7-4-10-19-17/h8-9,11,16-17H,3-7,10,12,18H2,1-2H3. The van der Waals surface area contributed by atoms with Crippen molar-refractivity contribution in [2.24, 2.45) is 5.73 Å². The molecule has 0 amide bonds. The molecular formula is C17H27NO. The van der Waals surface area contributed by atoms with Crippen molar-refractivity contribution >= 4 is 0 Å². The Morgan fingerprint density at radius 2 is 2.21 bits per heavy atom. The molecule has 2 rings (SSSR count). The van der Waals surface area contributed by atoms with Gasteiger partial charge in [0.1, 0.15) is 0 Å². The van der Waals surface area contributed by atoms with Gasteiger partial charge in [-0.05, 0) is 63.5 Å². The van der Waals surface area contributed by atoms with E-state index in [0.717, 1.165) is 19.4 Å². The molecule has 1 fully saturated rings. The maximum atomic E-state index is 6.27. The van der Waals surface area contributed by atoms with Crippen LogP contribution < -0.4 is 5.73 Å². The minimum absolute atomic E-state index is 0.280. The predicted molar refractivity (Wildman–Crippen MR) is 80.4 cm³/mol. The van der Waals surface area contributed by atoms with E-state index < -0.39 is 0 Å². The molecule has 2 N–H and O–H groups in total. The van der Waals surface area contributed by atoms with Gasteiger partial charge in [-0.3, -0.25) is 0 Å². The predicted octanol–water partition coefficient (Wildman–Crippen LogP) is 3.52. The Hall–Kier alpha value is -0.860. The molecule has 1 aromatic carbocycles. The van der Waals surface area contributed by atoms with E-state index >= 15 is 0 Å². The first-order valence-electron chi connectivity index (χ1n) is 7.58. The Labute approximate surface area is 117 Å². The number of benzene rings is 1. The summed E-state index contributed by atoms with van der Waals surface area (Å²) in [5, 5.41) is 0. The molecule has 0 bridgehead atoms. The van der Waals surface area contributed by atoms with Gasteiger partial charge in [0.25, 0.3) is 0 Å². The van der Waals surface area contributed by atoms with Crippen LogP contribution in [0.2, 0.25) is 0 Å². The van der Waals surface area contributed by atoms with Crippen LogP contribution >= 0.6 is 0 Å². The van der Waals surface area contributed by atoms with Crippen LogP contribution in [0.25, 0.3) is 0 Å². The fourth-order valence-electron chi connectivity index (χ4n) is 2.88. The first-order chi connectivity index (χ1) is 9.15. The molecule has 0 aliphatic carbocycles. The highest BCUT2D eigenvalue weighted by Gasteiger charge is 2.15. The average molecular weight is 261 g/mol. The van der Waals surface area contributed by atoms with E-state index in [1.165, 1.54) is 42.4 Å². The van der Waals surface area contributed by atoms with Gasteiger partial charge in [-0.2, -0.15) is 0 Å². The molecule has 1 aliphatic rings. The summed E-state index contributed by atoms with van der Waals surface area (Å²) in [6, 6.07) is 6.92. The zero-order valence-corrected chi connectivity index (χ0v) is 12.3. The van der Waals surface area contributed by atoms with Crippen molar-refractivity contribution in [1.29, 1.82) is 0 Å².